The fourth-order valence-corrected chi connectivity index (χ4v) is 2.53. The third kappa shape index (κ3) is 2.01. The van der Waals surface area contributed by atoms with Crippen LogP contribution in [0.1, 0.15) is 28.9 Å². The van der Waals surface area contributed by atoms with E-state index in [4.69, 9.17) is 9.15 Å². The maximum atomic E-state index is 11.3. The highest BCUT2D eigenvalue weighted by atomic mass is 16.5. The molecule has 0 saturated heterocycles. The first kappa shape index (κ1) is 12.6. The van der Waals surface area contributed by atoms with E-state index in [9.17, 15) is 9.90 Å². The normalized spacial score (nSPS) is 15.3. The van der Waals surface area contributed by atoms with Gasteiger partial charge >= 0.3 is 5.97 Å². The van der Waals surface area contributed by atoms with Crippen LogP contribution in [0.2, 0.25) is 0 Å². The SMILES string of the molecule is CC(c1ccoc1)N1CCOc2c(C(=O)O)cccc21. The maximum Gasteiger partial charge on any atom is 0.339 e. The predicted molar refractivity (Wildman–Crippen MR) is 73.4 cm³/mol. The van der Waals surface area contributed by atoms with E-state index in [1.165, 1.54) is 0 Å². The van der Waals surface area contributed by atoms with Gasteiger partial charge < -0.3 is 19.2 Å². The summed E-state index contributed by atoms with van der Waals surface area (Å²) < 4.78 is 10.7. The lowest BCUT2D eigenvalue weighted by Gasteiger charge is -2.36. The zero-order valence-electron chi connectivity index (χ0n) is 11.1. The summed E-state index contributed by atoms with van der Waals surface area (Å²) in [7, 11) is 0. The molecule has 0 bridgehead atoms. The lowest BCUT2D eigenvalue weighted by molar-refractivity contribution is 0.0692. The van der Waals surface area contributed by atoms with E-state index in [-0.39, 0.29) is 11.6 Å². The fraction of sp³-hybridized carbons (Fsp3) is 0.267. The number of anilines is 1. The second-order valence-corrected chi connectivity index (χ2v) is 4.73. The topological polar surface area (TPSA) is 62.9 Å². The van der Waals surface area contributed by atoms with Crippen molar-refractivity contribution in [2.75, 3.05) is 18.1 Å². The molecular formula is C15H15NO4. The standard InChI is InChI=1S/C15H15NO4/c1-10(11-5-7-19-9-11)16-6-8-20-14-12(15(17)18)3-2-4-13(14)16/h2-5,7,9-10H,6,8H2,1H3,(H,17,18). The molecule has 0 radical (unpaired) electrons. The number of aromatic carboxylic acids is 1. The third-order valence-electron chi connectivity index (χ3n) is 3.61. The van der Waals surface area contributed by atoms with E-state index in [1.807, 2.05) is 12.1 Å². The van der Waals surface area contributed by atoms with Gasteiger partial charge in [0.05, 0.1) is 30.8 Å². The largest absolute Gasteiger partial charge is 0.489 e. The van der Waals surface area contributed by atoms with Crippen molar-refractivity contribution in [1.82, 2.24) is 0 Å². The van der Waals surface area contributed by atoms with Crippen LogP contribution in [-0.4, -0.2) is 24.2 Å². The molecule has 0 fully saturated rings. The number of carbonyl (C=O) groups is 1. The first-order chi connectivity index (χ1) is 9.68. The fourth-order valence-electron chi connectivity index (χ4n) is 2.53. The van der Waals surface area contributed by atoms with Crippen LogP contribution in [0, 0.1) is 0 Å². The molecule has 1 aromatic carbocycles. The molecule has 2 heterocycles. The van der Waals surface area contributed by atoms with E-state index in [0.29, 0.717) is 18.9 Å². The van der Waals surface area contributed by atoms with Crippen LogP contribution in [0.25, 0.3) is 0 Å². The lowest BCUT2D eigenvalue weighted by atomic mass is 10.1. The molecular weight excluding hydrogens is 258 g/mol. The third-order valence-corrected chi connectivity index (χ3v) is 3.61. The van der Waals surface area contributed by atoms with Gasteiger partial charge in [0.2, 0.25) is 0 Å². The minimum absolute atomic E-state index is 0.0976. The van der Waals surface area contributed by atoms with Crippen LogP contribution in [0.5, 0.6) is 5.75 Å². The summed E-state index contributed by atoms with van der Waals surface area (Å²) in [4.78, 5) is 13.4. The minimum atomic E-state index is -0.973. The molecule has 0 amide bonds. The number of fused-ring (bicyclic) bond motifs is 1. The predicted octanol–water partition coefficient (Wildman–Crippen LogP) is 2.94. The number of hydrogen-bond donors (Lipinski definition) is 1. The van der Waals surface area contributed by atoms with Gasteiger partial charge in [0.1, 0.15) is 12.2 Å². The molecule has 1 aromatic heterocycles. The highest BCUT2D eigenvalue weighted by Gasteiger charge is 2.27. The van der Waals surface area contributed by atoms with E-state index in [0.717, 1.165) is 11.3 Å². The van der Waals surface area contributed by atoms with Crippen molar-refractivity contribution in [2.24, 2.45) is 0 Å². The summed E-state index contributed by atoms with van der Waals surface area (Å²) in [6.45, 7) is 3.25. The van der Waals surface area contributed by atoms with Crippen molar-refractivity contribution >= 4 is 11.7 Å². The molecule has 3 rings (SSSR count). The molecule has 0 spiro atoms. The van der Waals surface area contributed by atoms with Gasteiger partial charge in [-0.25, -0.2) is 4.79 Å². The first-order valence-electron chi connectivity index (χ1n) is 6.46. The summed E-state index contributed by atoms with van der Waals surface area (Å²) in [5.74, 6) is -0.527. The van der Waals surface area contributed by atoms with Gasteiger partial charge in [0, 0.05) is 5.56 Å². The molecule has 104 valence electrons. The zero-order chi connectivity index (χ0) is 14.1. The second kappa shape index (κ2) is 4.92. The van der Waals surface area contributed by atoms with Gasteiger partial charge in [-0.1, -0.05) is 6.07 Å². The van der Waals surface area contributed by atoms with Gasteiger partial charge in [0.15, 0.2) is 5.75 Å². The number of benzene rings is 1. The van der Waals surface area contributed by atoms with Crippen LogP contribution >= 0.6 is 0 Å². The van der Waals surface area contributed by atoms with Crippen molar-refractivity contribution < 1.29 is 19.1 Å². The van der Waals surface area contributed by atoms with Crippen molar-refractivity contribution in [3.8, 4) is 5.75 Å². The smallest absolute Gasteiger partial charge is 0.339 e. The number of carboxylic acids is 1. The Balaban J connectivity index is 2.02. The summed E-state index contributed by atoms with van der Waals surface area (Å²) in [5, 5.41) is 9.24. The molecule has 20 heavy (non-hydrogen) atoms. The molecule has 1 N–H and O–H groups in total. The molecule has 5 heteroatoms. The molecule has 1 atom stereocenters. The Morgan fingerprint density at radius 2 is 2.25 bits per heavy atom. The average molecular weight is 273 g/mol. The molecule has 1 aliphatic rings. The number of hydrogen-bond acceptors (Lipinski definition) is 4. The van der Waals surface area contributed by atoms with Crippen molar-refractivity contribution in [1.29, 1.82) is 0 Å². The van der Waals surface area contributed by atoms with E-state index in [1.54, 1.807) is 24.7 Å². The highest BCUT2D eigenvalue weighted by Crippen LogP contribution is 2.39. The summed E-state index contributed by atoms with van der Waals surface area (Å²) in [6.07, 6.45) is 3.35. The minimum Gasteiger partial charge on any atom is -0.489 e. The number of para-hydroxylation sites is 1. The summed E-state index contributed by atoms with van der Waals surface area (Å²) >= 11 is 0. The molecule has 2 aromatic rings. The summed E-state index contributed by atoms with van der Waals surface area (Å²) in [6, 6.07) is 7.21. The molecule has 0 saturated carbocycles. The molecule has 1 unspecified atom stereocenters. The molecule has 1 aliphatic heterocycles. The Bertz CT molecular complexity index is 621. The Morgan fingerprint density at radius 1 is 1.40 bits per heavy atom. The zero-order valence-corrected chi connectivity index (χ0v) is 11.1. The molecule has 5 nitrogen and oxygen atoms in total. The Hall–Kier alpha value is -2.43. The maximum absolute atomic E-state index is 11.3. The quantitative estimate of drug-likeness (QED) is 0.931. The van der Waals surface area contributed by atoms with Crippen LogP contribution in [0.3, 0.4) is 0 Å². The average Bonchev–Trinajstić information content (AvgIpc) is 2.99. The number of rotatable bonds is 3. The van der Waals surface area contributed by atoms with E-state index >= 15 is 0 Å². The first-order valence-corrected chi connectivity index (χ1v) is 6.46. The van der Waals surface area contributed by atoms with E-state index in [2.05, 4.69) is 11.8 Å². The number of ether oxygens (including phenoxy) is 1. The Morgan fingerprint density at radius 3 is 2.95 bits per heavy atom. The van der Waals surface area contributed by atoms with Crippen LogP contribution in [0.4, 0.5) is 5.69 Å². The van der Waals surface area contributed by atoms with Crippen molar-refractivity contribution in [3.63, 3.8) is 0 Å². The Labute approximate surface area is 116 Å². The van der Waals surface area contributed by atoms with E-state index < -0.39 is 5.97 Å². The summed E-state index contributed by atoms with van der Waals surface area (Å²) in [5.41, 5.74) is 2.06. The van der Waals surface area contributed by atoms with Gasteiger partial charge in [-0.05, 0) is 25.1 Å². The highest BCUT2D eigenvalue weighted by molar-refractivity contribution is 5.93. The van der Waals surface area contributed by atoms with Gasteiger partial charge in [0.25, 0.3) is 0 Å². The number of carboxylic acid groups (broad SMARTS) is 1. The number of furan rings is 1. The van der Waals surface area contributed by atoms with Gasteiger partial charge in [-0.2, -0.15) is 0 Å². The monoisotopic (exact) mass is 273 g/mol. The van der Waals surface area contributed by atoms with Crippen LogP contribution in [-0.2, 0) is 0 Å². The lowest BCUT2D eigenvalue weighted by Crippen LogP contribution is -2.35. The van der Waals surface area contributed by atoms with Gasteiger partial charge in [-0.15, -0.1) is 0 Å². The second-order valence-electron chi connectivity index (χ2n) is 4.73. The number of nitrogens with zero attached hydrogens (tertiary/aromatic N) is 1. The van der Waals surface area contributed by atoms with Crippen molar-refractivity contribution in [3.05, 3.63) is 47.9 Å². The van der Waals surface area contributed by atoms with Crippen molar-refractivity contribution in [2.45, 2.75) is 13.0 Å². The van der Waals surface area contributed by atoms with Gasteiger partial charge in [-0.3, -0.25) is 0 Å². The Kier molecular flexibility index (Phi) is 3.10. The van der Waals surface area contributed by atoms with Crippen LogP contribution < -0.4 is 9.64 Å². The molecule has 0 aliphatic carbocycles. The van der Waals surface area contributed by atoms with Crippen LogP contribution in [0.15, 0.2) is 41.2 Å².